The molecule has 0 aliphatic rings. The van der Waals surface area contributed by atoms with E-state index in [0.717, 1.165) is 24.2 Å². The number of rotatable bonds is 5. The largest absolute Gasteiger partial charge is 0.491 e. The lowest BCUT2D eigenvalue weighted by atomic mass is 10.1. The van der Waals surface area contributed by atoms with Gasteiger partial charge in [-0.15, -0.1) is 0 Å². The fraction of sp³-hybridized carbons (Fsp3) is 0.538. The lowest BCUT2D eigenvalue weighted by Gasteiger charge is -2.13. The van der Waals surface area contributed by atoms with Crippen molar-refractivity contribution < 1.29 is 9.84 Å². The van der Waals surface area contributed by atoms with Gasteiger partial charge in [-0.2, -0.15) is 0 Å². The highest BCUT2D eigenvalue weighted by Crippen LogP contribution is 2.22. The number of aliphatic hydroxyl groups is 1. The molecule has 0 bridgehead atoms. The predicted octanol–water partition coefficient (Wildman–Crippen LogP) is 3.31. The molecule has 0 saturated heterocycles. The lowest BCUT2D eigenvalue weighted by molar-refractivity contribution is 0.165. The third kappa shape index (κ3) is 3.92. The Balaban J connectivity index is 2.73. The maximum absolute atomic E-state index is 9.82. The topological polar surface area (TPSA) is 29.5 Å². The van der Waals surface area contributed by atoms with E-state index >= 15 is 0 Å². The summed E-state index contributed by atoms with van der Waals surface area (Å²) in [6, 6.07) is 7.70. The molecule has 15 heavy (non-hydrogen) atoms. The first-order valence-corrected chi connectivity index (χ1v) is 5.58. The monoisotopic (exact) mass is 208 g/mol. The van der Waals surface area contributed by atoms with Crippen molar-refractivity contribution >= 4 is 0 Å². The van der Waals surface area contributed by atoms with Crippen LogP contribution in [-0.2, 0) is 0 Å². The molecule has 0 aliphatic carbocycles. The van der Waals surface area contributed by atoms with Crippen LogP contribution in [0.4, 0.5) is 0 Å². The summed E-state index contributed by atoms with van der Waals surface area (Å²) in [4.78, 5) is 0. The van der Waals surface area contributed by atoms with Gasteiger partial charge in [-0.05, 0) is 38.0 Å². The first kappa shape index (κ1) is 12.1. The molecule has 0 heterocycles. The zero-order chi connectivity index (χ0) is 11.3. The third-order valence-electron chi connectivity index (χ3n) is 2.18. The van der Waals surface area contributed by atoms with Crippen molar-refractivity contribution in [1.82, 2.24) is 0 Å². The first-order valence-electron chi connectivity index (χ1n) is 5.58. The van der Waals surface area contributed by atoms with E-state index < -0.39 is 0 Å². The fourth-order valence-electron chi connectivity index (χ4n) is 1.51. The quantitative estimate of drug-likeness (QED) is 0.804. The number of benzene rings is 1. The molecule has 0 saturated carbocycles. The third-order valence-corrected chi connectivity index (χ3v) is 2.18. The van der Waals surface area contributed by atoms with E-state index in [0.29, 0.717) is 0 Å². The Morgan fingerprint density at radius 1 is 1.33 bits per heavy atom. The SMILES string of the molecule is CCCC(O)c1cccc(OC(C)C)c1. The van der Waals surface area contributed by atoms with Crippen molar-refractivity contribution in [2.24, 2.45) is 0 Å². The van der Waals surface area contributed by atoms with Gasteiger partial charge in [0.15, 0.2) is 0 Å². The summed E-state index contributed by atoms with van der Waals surface area (Å²) < 4.78 is 5.57. The second-order valence-electron chi connectivity index (χ2n) is 4.04. The van der Waals surface area contributed by atoms with E-state index in [1.165, 1.54) is 0 Å². The fourth-order valence-corrected chi connectivity index (χ4v) is 1.51. The standard InChI is InChI=1S/C13H20O2/c1-4-6-13(14)11-7-5-8-12(9-11)15-10(2)3/h5,7-10,13-14H,4,6H2,1-3H3. The van der Waals surface area contributed by atoms with Gasteiger partial charge in [0.1, 0.15) is 5.75 Å². The van der Waals surface area contributed by atoms with Crippen molar-refractivity contribution in [1.29, 1.82) is 0 Å². The van der Waals surface area contributed by atoms with Crippen LogP contribution in [0.25, 0.3) is 0 Å². The first-order chi connectivity index (χ1) is 7.13. The minimum absolute atomic E-state index is 0.170. The Kier molecular flexibility index (Phi) is 4.63. The van der Waals surface area contributed by atoms with E-state index in [1.54, 1.807) is 0 Å². The zero-order valence-corrected chi connectivity index (χ0v) is 9.73. The molecule has 2 nitrogen and oxygen atoms in total. The molecule has 2 heteroatoms. The van der Waals surface area contributed by atoms with Gasteiger partial charge in [0.05, 0.1) is 12.2 Å². The second kappa shape index (κ2) is 5.76. The average Bonchev–Trinajstić information content (AvgIpc) is 2.17. The summed E-state index contributed by atoms with van der Waals surface area (Å²) in [7, 11) is 0. The minimum Gasteiger partial charge on any atom is -0.491 e. The van der Waals surface area contributed by atoms with Crippen molar-refractivity contribution in [3.05, 3.63) is 29.8 Å². The van der Waals surface area contributed by atoms with E-state index in [1.807, 2.05) is 38.1 Å². The highest BCUT2D eigenvalue weighted by atomic mass is 16.5. The van der Waals surface area contributed by atoms with E-state index in [4.69, 9.17) is 4.74 Å². The highest BCUT2D eigenvalue weighted by Gasteiger charge is 2.07. The Morgan fingerprint density at radius 3 is 2.67 bits per heavy atom. The van der Waals surface area contributed by atoms with Crippen LogP contribution in [0.5, 0.6) is 5.75 Å². The van der Waals surface area contributed by atoms with Gasteiger partial charge in [-0.25, -0.2) is 0 Å². The number of aliphatic hydroxyl groups excluding tert-OH is 1. The molecule has 0 spiro atoms. The van der Waals surface area contributed by atoms with Crippen molar-refractivity contribution in [3.63, 3.8) is 0 Å². The molecule has 1 aromatic carbocycles. The Hall–Kier alpha value is -1.02. The molecule has 1 rings (SSSR count). The van der Waals surface area contributed by atoms with Crippen LogP contribution in [-0.4, -0.2) is 11.2 Å². The molecule has 0 radical (unpaired) electrons. The summed E-state index contributed by atoms with van der Waals surface area (Å²) in [5, 5.41) is 9.82. The van der Waals surface area contributed by atoms with Gasteiger partial charge in [-0.1, -0.05) is 25.5 Å². The minimum atomic E-state index is -0.370. The summed E-state index contributed by atoms with van der Waals surface area (Å²) in [5.41, 5.74) is 0.940. The van der Waals surface area contributed by atoms with Crippen LogP contribution in [0, 0.1) is 0 Å². The molecule has 1 aromatic rings. The van der Waals surface area contributed by atoms with Crippen LogP contribution < -0.4 is 4.74 Å². The number of hydrogen-bond donors (Lipinski definition) is 1. The summed E-state index contributed by atoms with van der Waals surface area (Å²) in [6.07, 6.45) is 1.58. The van der Waals surface area contributed by atoms with Crippen molar-refractivity contribution in [2.75, 3.05) is 0 Å². The molecule has 0 fully saturated rings. The average molecular weight is 208 g/mol. The van der Waals surface area contributed by atoms with Crippen molar-refractivity contribution in [3.8, 4) is 5.75 Å². The molecule has 0 aromatic heterocycles. The van der Waals surface area contributed by atoms with Crippen LogP contribution >= 0.6 is 0 Å². The van der Waals surface area contributed by atoms with Gasteiger partial charge in [0, 0.05) is 0 Å². The van der Waals surface area contributed by atoms with Gasteiger partial charge in [-0.3, -0.25) is 0 Å². The maximum Gasteiger partial charge on any atom is 0.120 e. The van der Waals surface area contributed by atoms with Crippen LogP contribution in [0.15, 0.2) is 24.3 Å². The van der Waals surface area contributed by atoms with Crippen molar-refractivity contribution in [2.45, 2.75) is 45.8 Å². The molecule has 0 aliphatic heterocycles. The molecular weight excluding hydrogens is 188 g/mol. The predicted molar refractivity (Wildman–Crippen MR) is 62.1 cm³/mol. The molecule has 0 amide bonds. The summed E-state index contributed by atoms with van der Waals surface area (Å²) in [6.45, 7) is 6.06. The van der Waals surface area contributed by atoms with E-state index in [9.17, 15) is 5.11 Å². The zero-order valence-electron chi connectivity index (χ0n) is 9.73. The molecule has 1 unspecified atom stereocenters. The van der Waals surface area contributed by atoms with E-state index in [2.05, 4.69) is 6.92 Å². The van der Waals surface area contributed by atoms with Gasteiger partial charge >= 0.3 is 0 Å². The molecule has 1 atom stereocenters. The Bertz CT molecular complexity index is 294. The van der Waals surface area contributed by atoms with Gasteiger partial charge in [0.2, 0.25) is 0 Å². The van der Waals surface area contributed by atoms with Gasteiger partial charge < -0.3 is 9.84 Å². The molecule has 84 valence electrons. The number of hydrogen-bond acceptors (Lipinski definition) is 2. The van der Waals surface area contributed by atoms with Crippen LogP contribution in [0.1, 0.15) is 45.3 Å². The van der Waals surface area contributed by atoms with Gasteiger partial charge in [0.25, 0.3) is 0 Å². The lowest BCUT2D eigenvalue weighted by Crippen LogP contribution is -2.06. The Labute approximate surface area is 91.9 Å². The normalized spacial score (nSPS) is 12.9. The Morgan fingerprint density at radius 2 is 2.07 bits per heavy atom. The van der Waals surface area contributed by atoms with Crippen LogP contribution in [0.3, 0.4) is 0 Å². The maximum atomic E-state index is 9.82. The number of ether oxygens (including phenoxy) is 1. The van der Waals surface area contributed by atoms with Crippen LogP contribution in [0.2, 0.25) is 0 Å². The molecule has 1 N–H and O–H groups in total. The summed E-state index contributed by atoms with van der Waals surface area (Å²) in [5.74, 6) is 0.831. The second-order valence-corrected chi connectivity index (χ2v) is 4.04. The molecular formula is C13H20O2. The summed E-state index contributed by atoms with van der Waals surface area (Å²) >= 11 is 0. The van der Waals surface area contributed by atoms with E-state index in [-0.39, 0.29) is 12.2 Å². The highest BCUT2D eigenvalue weighted by molar-refractivity contribution is 5.30. The smallest absolute Gasteiger partial charge is 0.120 e.